The van der Waals surface area contributed by atoms with E-state index in [0.717, 1.165) is 0 Å². The molecule has 0 unspecified atom stereocenters. The summed E-state index contributed by atoms with van der Waals surface area (Å²) in [5.41, 5.74) is 0.0332. The molecule has 0 saturated carbocycles. The molecule has 0 heterocycles. The third-order valence-electron chi connectivity index (χ3n) is 2.04. The van der Waals surface area contributed by atoms with Crippen LogP contribution in [0.5, 0.6) is 0 Å². The van der Waals surface area contributed by atoms with Crippen molar-refractivity contribution in [3.63, 3.8) is 0 Å². The summed E-state index contributed by atoms with van der Waals surface area (Å²) in [5.74, 6) is -2.50. The van der Waals surface area contributed by atoms with Crippen molar-refractivity contribution in [3.05, 3.63) is 35.4 Å². The van der Waals surface area contributed by atoms with Crippen molar-refractivity contribution in [2.24, 2.45) is 0 Å². The molecule has 0 N–H and O–H groups in total. The number of rotatable bonds is 4. The Labute approximate surface area is 98.3 Å². The van der Waals surface area contributed by atoms with Crippen LogP contribution in [0.15, 0.2) is 24.3 Å². The summed E-state index contributed by atoms with van der Waals surface area (Å²) >= 11 is 0. The monoisotopic (exact) mass is 236 g/mol. The molecule has 0 aliphatic carbocycles. The van der Waals surface area contributed by atoms with Gasteiger partial charge in [0.05, 0.1) is 19.3 Å². The highest BCUT2D eigenvalue weighted by molar-refractivity contribution is 6.41. The molecule has 0 radical (unpaired) electrons. The van der Waals surface area contributed by atoms with Crippen LogP contribution in [0.1, 0.15) is 27.6 Å². The number of methoxy groups -OCH3 is 1. The van der Waals surface area contributed by atoms with E-state index in [2.05, 4.69) is 9.47 Å². The molecule has 0 aliphatic heterocycles. The van der Waals surface area contributed by atoms with Crippen molar-refractivity contribution in [3.8, 4) is 0 Å². The standard InChI is InChI=1S/C12H12O5/c1-3-17-12(15)10(13)8-6-4-5-7-9(8)11(14)16-2/h4-7H,3H2,1-2H3. The second-order valence-corrected chi connectivity index (χ2v) is 3.09. The Balaban J connectivity index is 3.09. The number of ether oxygens (including phenoxy) is 2. The van der Waals surface area contributed by atoms with Crippen LogP contribution in [0.4, 0.5) is 0 Å². The fourth-order valence-corrected chi connectivity index (χ4v) is 1.28. The van der Waals surface area contributed by atoms with E-state index in [1.165, 1.54) is 19.2 Å². The zero-order valence-corrected chi connectivity index (χ0v) is 9.56. The van der Waals surface area contributed by atoms with Crippen LogP contribution in [0, 0.1) is 0 Å². The van der Waals surface area contributed by atoms with E-state index in [1.54, 1.807) is 19.1 Å². The molecule has 0 bridgehead atoms. The van der Waals surface area contributed by atoms with Crippen LogP contribution < -0.4 is 0 Å². The Morgan fingerprint density at radius 2 is 1.71 bits per heavy atom. The summed E-state index contributed by atoms with van der Waals surface area (Å²) in [5, 5.41) is 0. The second-order valence-electron chi connectivity index (χ2n) is 3.09. The van der Waals surface area contributed by atoms with Gasteiger partial charge in [-0.15, -0.1) is 0 Å². The van der Waals surface area contributed by atoms with Crippen molar-refractivity contribution in [2.45, 2.75) is 6.92 Å². The lowest BCUT2D eigenvalue weighted by molar-refractivity contribution is -0.137. The van der Waals surface area contributed by atoms with E-state index in [1.807, 2.05) is 0 Å². The smallest absolute Gasteiger partial charge is 0.379 e. The molecular formula is C12H12O5. The van der Waals surface area contributed by atoms with Gasteiger partial charge < -0.3 is 9.47 Å². The van der Waals surface area contributed by atoms with Crippen molar-refractivity contribution >= 4 is 17.7 Å². The zero-order valence-electron chi connectivity index (χ0n) is 9.56. The summed E-state index contributed by atoms with van der Waals surface area (Å²) in [6, 6.07) is 5.93. The van der Waals surface area contributed by atoms with Gasteiger partial charge >= 0.3 is 11.9 Å². The van der Waals surface area contributed by atoms with E-state index in [9.17, 15) is 14.4 Å². The van der Waals surface area contributed by atoms with E-state index in [0.29, 0.717) is 0 Å². The lowest BCUT2D eigenvalue weighted by atomic mass is 10.0. The number of benzene rings is 1. The minimum absolute atomic E-state index is 0.0159. The van der Waals surface area contributed by atoms with Crippen molar-refractivity contribution in [1.29, 1.82) is 0 Å². The van der Waals surface area contributed by atoms with Gasteiger partial charge in [0.15, 0.2) is 0 Å². The number of hydrogen-bond acceptors (Lipinski definition) is 5. The first-order valence-electron chi connectivity index (χ1n) is 5.00. The van der Waals surface area contributed by atoms with Gasteiger partial charge in [-0.1, -0.05) is 12.1 Å². The van der Waals surface area contributed by atoms with E-state index >= 15 is 0 Å². The predicted molar refractivity (Wildman–Crippen MR) is 58.7 cm³/mol. The molecule has 17 heavy (non-hydrogen) atoms. The minimum Gasteiger partial charge on any atom is -0.465 e. The summed E-state index contributed by atoms with van der Waals surface area (Å²) in [4.78, 5) is 34.4. The van der Waals surface area contributed by atoms with Gasteiger partial charge in [0, 0.05) is 5.56 Å². The van der Waals surface area contributed by atoms with Gasteiger partial charge in [-0.2, -0.15) is 0 Å². The number of carbonyl (C=O) groups is 3. The topological polar surface area (TPSA) is 69.7 Å². The Hall–Kier alpha value is -2.17. The molecule has 0 atom stereocenters. The highest BCUT2D eigenvalue weighted by atomic mass is 16.5. The number of Topliss-reactive ketones (excluding diaryl/α,β-unsaturated/α-hetero) is 1. The minimum atomic E-state index is -0.983. The van der Waals surface area contributed by atoms with Gasteiger partial charge in [0.1, 0.15) is 0 Å². The van der Waals surface area contributed by atoms with Crippen molar-refractivity contribution < 1.29 is 23.9 Å². The van der Waals surface area contributed by atoms with Crippen molar-refractivity contribution in [2.75, 3.05) is 13.7 Å². The van der Waals surface area contributed by atoms with E-state index in [-0.39, 0.29) is 17.7 Å². The maximum atomic E-state index is 11.7. The number of esters is 2. The normalized spacial score (nSPS) is 9.53. The summed E-state index contributed by atoms with van der Waals surface area (Å²) in [7, 11) is 1.20. The highest BCUT2D eigenvalue weighted by Gasteiger charge is 2.23. The van der Waals surface area contributed by atoms with Crippen LogP contribution in [0.25, 0.3) is 0 Å². The Morgan fingerprint density at radius 1 is 1.12 bits per heavy atom. The fourth-order valence-electron chi connectivity index (χ4n) is 1.28. The van der Waals surface area contributed by atoms with E-state index < -0.39 is 17.7 Å². The Morgan fingerprint density at radius 3 is 2.24 bits per heavy atom. The molecule has 90 valence electrons. The molecule has 5 heteroatoms. The van der Waals surface area contributed by atoms with Crippen molar-refractivity contribution in [1.82, 2.24) is 0 Å². The molecule has 1 aromatic carbocycles. The first kappa shape index (κ1) is 12.9. The average molecular weight is 236 g/mol. The fraction of sp³-hybridized carbons (Fsp3) is 0.250. The number of carbonyl (C=O) groups excluding carboxylic acids is 3. The van der Waals surface area contributed by atoms with Crippen LogP contribution in [-0.2, 0) is 14.3 Å². The van der Waals surface area contributed by atoms with Crippen LogP contribution in [0.2, 0.25) is 0 Å². The van der Waals surface area contributed by atoms with Crippen LogP contribution >= 0.6 is 0 Å². The quantitative estimate of drug-likeness (QED) is 0.446. The Bertz CT molecular complexity index is 450. The van der Waals surface area contributed by atoms with Gasteiger partial charge in [-0.05, 0) is 19.1 Å². The molecule has 0 fully saturated rings. The SMILES string of the molecule is CCOC(=O)C(=O)c1ccccc1C(=O)OC. The molecule has 0 aromatic heterocycles. The maximum Gasteiger partial charge on any atom is 0.379 e. The molecular weight excluding hydrogens is 224 g/mol. The molecule has 5 nitrogen and oxygen atoms in total. The summed E-state index contributed by atoms with van der Waals surface area (Å²) < 4.78 is 9.11. The molecule has 0 spiro atoms. The van der Waals surface area contributed by atoms with Crippen LogP contribution in [0.3, 0.4) is 0 Å². The summed E-state index contributed by atoms with van der Waals surface area (Å²) in [6.45, 7) is 1.70. The van der Waals surface area contributed by atoms with Gasteiger partial charge in [-0.25, -0.2) is 9.59 Å². The highest BCUT2D eigenvalue weighted by Crippen LogP contribution is 2.11. The summed E-state index contributed by atoms with van der Waals surface area (Å²) in [6.07, 6.45) is 0. The van der Waals surface area contributed by atoms with Crippen LogP contribution in [-0.4, -0.2) is 31.4 Å². The largest absolute Gasteiger partial charge is 0.465 e. The first-order valence-corrected chi connectivity index (χ1v) is 5.00. The zero-order chi connectivity index (χ0) is 12.8. The molecule has 0 saturated heterocycles. The average Bonchev–Trinajstić information content (AvgIpc) is 2.37. The number of hydrogen-bond donors (Lipinski definition) is 0. The second kappa shape index (κ2) is 5.79. The van der Waals surface area contributed by atoms with Gasteiger partial charge in [0.2, 0.25) is 0 Å². The molecule has 1 rings (SSSR count). The van der Waals surface area contributed by atoms with E-state index in [4.69, 9.17) is 0 Å². The molecule has 0 aliphatic rings. The predicted octanol–water partition coefficient (Wildman–Crippen LogP) is 1.22. The van der Waals surface area contributed by atoms with Gasteiger partial charge in [0.25, 0.3) is 5.78 Å². The maximum absolute atomic E-state index is 11.7. The Kier molecular flexibility index (Phi) is 4.39. The molecule has 1 aromatic rings. The third kappa shape index (κ3) is 2.90. The third-order valence-corrected chi connectivity index (χ3v) is 2.04. The number of ketones is 1. The lowest BCUT2D eigenvalue weighted by Gasteiger charge is -2.05. The molecule has 0 amide bonds. The lowest BCUT2D eigenvalue weighted by Crippen LogP contribution is -2.20. The first-order chi connectivity index (χ1) is 8.11. The van der Waals surface area contributed by atoms with Gasteiger partial charge in [-0.3, -0.25) is 4.79 Å².